The van der Waals surface area contributed by atoms with E-state index in [0.29, 0.717) is 59.3 Å². The third-order valence-corrected chi connectivity index (χ3v) is 6.14. The zero-order chi connectivity index (χ0) is 26.2. The van der Waals surface area contributed by atoms with Crippen LogP contribution in [0.15, 0.2) is 72.8 Å². The molecule has 0 bridgehead atoms. The summed E-state index contributed by atoms with van der Waals surface area (Å²) >= 11 is 12.2. The van der Waals surface area contributed by atoms with Gasteiger partial charge in [0.15, 0.2) is 11.5 Å². The Bertz CT molecular complexity index is 1300. The van der Waals surface area contributed by atoms with Crippen LogP contribution in [0, 0.1) is 0 Å². The van der Waals surface area contributed by atoms with Crippen LogP contribution in [0.5, 0.6) is 23.0 Å². The number of ether oxygens (including phenoxy) is 4. The third kappa shape index (κ3) is 7.29. The maximum Gasteiger partial charge on any atom is 0.247 e. The van der Waals surface area contributed by atoms with Gasteiger partial charge in [-0.1, -0.05) is 53.6 Å². The lowest BCUT2D eigenvalue weighted by Gasteiger charge is -2.26. The Kier molecular flexibility index (Phi) is 9.12. The first kappa shape index (κ1) is 26.6. The molecule has 0 atom stereocenters. The maximum absolute atomic E-state index is 13.0. The molecule has 0 aromatic heterocycles. The Morgan fingerprint density at radius 2 is 1.62 bits per heavy atom. The fourth-order valence-electron chi connectivity index (χ4n) is 3.84. The molecule has 1 amide bonds. The number of hydrogen-bond acceptors (Lipinski definition) is 5. The molecule has 192 valence electrons. The minimum atomic E-state index is -0.0762. The highest BCUT2D eigenvalue weighted by Gasteiger charge is 2.16. The van der Waals surface area contributed by atoms with Crippen LogP contribution in [0.4, 0.5) is 0 Å². The van der Waals surface area contributed by atoms with Crippen LogP contribution in [0.25, 0.3) is 11.6 Å². The van der Waals surface area contributed by atoms with Gasteiger partial charge in [0, 0.05) is 29.2 Å². The van der Waals surface area contributed by atoms with Gasteiger partial charge in [0.1, 0.15) is 11.5 Å². The predicted molar refractivity (Wildman–Crippen MR) is 147 cm³/mol. The van der Waals surface area contributed by atoms with Gasteiger partial charge in [0.05, 0.1) is 27.4 Å². The molecule has 3 aromatic carbocycles. The van der Waals surface area contributed by atoms with Crippen molar-refractivity contribution in [2.75, 3.05) is 40.5 Å². The number of amides is 1. The summed E-state index contributed by atoms with van der Waals surface area (Å²) in [5, 5.41) is 0.987. The fraction of sp³-hybridized carbons (Fsp3) is 0.207. The molecule has 8 heteroatoms. The quantitative estimate of drug-likeness (QED) is 0.234. The van der Waals surface area contributed by atoms with Gasteiger partial charge >= 0.3 is 0 Å². The van der Waals surface area contributed by atoms with E-state index in [4.69, 9.17) is 42.1 Å². The Morgan fingerprint density at radius 3 is 2.32 bits per heavy atom. The van der Waals surface area contributed by atoms with Crippen molar-refractivity contribution in [1.29, 1.82) is 0 Å². The van der Waals surface area contributed by atoms with Gasteiger partial charge in [-0.25, -0.2) is 0 Å². The molecule has 0 aliphatic carbocycles. The van der Waals surface area contributed by atoms with Gasteiger partial charge in [-0.3, -0.25) is 4.79 Å². The third-order valence-electron chi connectivity index (χ3n) is 5.70. The van der Waals surface area contributed by atoms with E-state index < -0.39 is 0 Å². The molecule has 37 heavy (non-hydrogen) atoms. The zero-order valence-electron chi connectivity index (χ0n) is 20.6. The van der Waals surface area contributed by atoms with Crippen molar-refractivity contribution >= 4 is 40.8 Å². The molecule has 0 saturated carbocycles. The smallest absolute Gasteiger partial charge is 0.247 e. The lowest BCUT2D eigenvalue weighted by atomic mass is 10.0. The monoisotopic (exact) mass is 539 g/mol. The number of hydrogen-bond donors (Lipinski definition) is 0. The van der Waals surface area contributed by atoms with E-state index >= 15 is 0 Å². The predicted octanol–water partition coefficient (Wildman–Crippen LogP) is 6.76. The van der Waals surface area contributed by atoms with E-state index in [2.05, 4.69) is 0 Å². The van der Waals surface area contributed by atoms with E-state index in [-0.39, 0.29) is 5.91 Å². The number of halogens is 2. The number of rotatable bonds is 8. The molecule has 1 fully saturated rings. The molecule has 3 aromatic rings. The zero-order valence-corrected chi connectivity index (χ0v) is 22.1. The molecule has 1 aliphatic rings. The fourth-order valence-corrected chi connectivity index (χ4v) is 4.35. The summed E-state index contributed by atoms with van der Waals surface area (Å²) in [5.41, 5.74) is 2.43. The summed E-state index contributed by atoms with van der Waals surface area (Å²) in [6.07, 6.45) is 5.46. The summed E-state index contributed by atoms with van der Waals surface area (Å²) in [7, 11) is 3.17. The molecule has 0 N–H and O–H groups in total. The van der Waals surface area contributed by atoms with Crippen LogP contribution < -0.4 is 14.2 Å². The Labute approximate surface area is 226 Å². The molecule has 1 aliphatic heterocycles. The van der Waals surface area contributed by atoms with Crippen molar-refractivity contribution in [3.8, 4) is 23.0 Å². The number of morpholine rings is 1. The first-order valence-electron chi connectivity index (χ1n) is 11.7. The van der Waals surface area contributed by atoms with E-state index in [1.165, 1.54) is 0 Å². The lowest BCUT2D eigenvalue weighted by molar-refractivity contribution is -0.129. The Hall–Kier alpha value is -3.45. The van der Waals surface area contributed by atoms with Crippen LogP contribution in [0.1, 0.15) is 11.1 Å². The lowest BCUT2D eigenvalue weighted by Crippen LogP contribution is -2.39. The van der Waals surface area contributed by atoms with Crippen molar-refractivity contribution in [2.45, 2.75) is 0 Å². The van der Waals surface area contributed by atoms with Gasteiger partial charge in [-0.15, -0.1) is 0 Å². The van der Waals surface area contributed by atoms with Crippen LogP contribution in [0.2, 0.25) is 10.0 Å². The van der Waals surface area contributed by atoms with Gasteiger partial charge in [-0.2, -0.15) is 0 Å². The van der Waals surface area contributed by atoms with Gasteiger partial charge in [-0.05, 0) is 59.2 Å². The first-order chi connectivity index (χ1) is 17.9. The molecule has 0 radical (unpaired) electrons. The van der Waals surface area contributed by atoms with E-state index in [1.807, 2.05) is 54.6 Å². The molecule has 6 nitrogen and oxygen atoms in total. The molecule has 4 rings (SSSR count). The number of carbonyl (C=O) groups is 1. The molecular formula is C29H27Cl2NO5. The second-order valence-electron chi connectivity index (χ2n) is 8.22. The minimum absolute atomic E-state index is 0.0762. The highest BCUT2D eigenvalue weighted by molar-refractivity contribution is 6.34. The largest absolute Gasteiger partial charge is 0.493 e. The summed E-state index contributed by atoms with van der Waals surface area (Å²) in [6.45, 7) is 2.19. The van der Waals surface area contributed by atoms with Crippen molar-refractivity contribution in [3.05, 3.63) is 94.0 Å². The molecule has 0 unspecified atom stereocenters. The number of benzene rings is 3. The number of allylic oxidation sites excluding steroid dienone is 2. The van der Waals surface area contributed by atoms with Crippen LogP contribution in [0.3, 0.4) is 0 Å². The highest BCUT2D eigenvalue weighted by atomic mass is 35.5. The standard InChI is InChI=1S/C29H27Cl2NO5/c1-34-27-9-8-21(15-28(27)35-2)22(16-29(33)32-10-12-36-13-11-32)7-6-20-4-3-5-25(14-20)37-26-18-23(30)17-24(31)19-26/h3-9,14-19H,10-13H2,1-2H3/b7-6+,22-16+. The Balaban J connectivity index is 1.63. The normalized spacial score (nSPS) is 14.1. The minimum Gasteiger partial charge on any atom is -0.493 e. The van der Waals surface area contributed by atoms with Crippen molar-refractivity contribution in [2.24, 2.45) is 0 Å². The van der Waals surface area contributed by atoms with Crippen molar-refractivity contribution in [3.63, 3.8) is 0 Å². The molecule has 1 heterocycles. The average Bonchev–Trinajstić information content (AvgIpc) is 2.90. The van der Waals surface area contributed by atoms with Gasteiger partial charge in [0.25, 0.3) is 0 Å². The summed E-state index contributed by atoms with van der Waals surface area (Å²) in [6, 6.07) is 18.2. The molecule has 0 spiro atoms. The topological polar surface area (TPSA) is 57.2 Å². The summed E-state index contributed by atoms with van der Waals surface area (Å²) in [5.74, 6) is 2.28. The molecular weight excluding hydrogens is 513 g/mol. The molecule has 1 saturated heterocycles. The van der Waals surface area contributed by atoms with E-state index in [9.17, 15) is 4.79 Å². The second kappa shape index (κ2) is 12.7. The van der Waals surface area contributed by atoms with E-state index in [0.717, 1.165) is 16.7 Å². The van der Waals surface area contributed by atoms with Gasteiger partial charge in [0.2, 0.25) is 5.91 Å². The maximum atomic E-state index is 13.0. The van der Waals surface area contributed by atoms with E-state index in [1.54, 1.807) is 43.4 Å². The van der Waals surface area contributed by atoms with Gasteiger partial charge < -0.3 is 23.8 Å². The van der Waals surface area contributed by atoms with Crippen LogP contribution in [-0.2, 0) is 9.53 Å². The summed E-state index contributed by atoms with van der Waals surface area (Å²) < 4.78 is 22.2. The second-order valence-corrected chi connectivity index (χ2v) is 9.09. The first-order valence-corrected chi connectivity index (χ1v) is 12.4. The van der Waals surface area contributed by atoms with Crippen LogP contribution >= 0.6 is 23.2 Å². The number of methoxy groups -OCH3 is 2. The SMILES string of the molecule is COc1ccc(C(/C=C/c2cccc(Oc3cc(Cl)cc(Cl)c3)c2)=C/C(=O)N2CCOCC2)cc1OC. The number of carbonyl (C=O) groups excluding carboxylic acids is 1. The van der Waals surface area contributed by atoms with Crippen molar-refractivity contribution < 1.29 is 23.7 Å². The average molecular weight is 540 g/mol. The summed E-state index contributed by atoms with van der Waals surface area (Å²) in [4.78, 5) is 14.8. The van der Waals surface area contributed by atoms with Crippen molar-refractivity contribution in [1.82, 2.24) is 4.90 Å². The Morgan fingerprint density at radius 1 is 0.892 bits per heavy atom. The van der Waals surface area contributed by atoms with Crippen LogP contribution in [-0.4, -0.2) is 51.3 Å². The number of nitrogens with zero attached hydrogens (tertiary/aromatic N) is 1. The highest BCUT2D eigenvalue weighted by Crippen LogP contribution is 2.32.